The normalized spacial score (nSPS) is 14.9. The number of nitrogens with one attached hydrogen (secondary N) is 2. The van der Waals surface area contributed by atoms with Crippen LogP contribution in [0.15, 0.2) is 30.5 Å². The first-order chi connectivity index (χ1) is 13.7. The summed E-state index contributed by atoms with van der Waals surface area (Å²) in [4.78, 5) is 13.9. The third-order valence-electron chi connectivity index (χ3n) is 5.56. The lowest BCUT2D eigenvalue weighted by molar-refractivity contribution is 0.534. The van der Waals surface area contributed by atoms with Gasteiger partial charge in [0.05, 0.1) is 11.9 Å². The lowest BCUT2D eigenvalue weighted by Crippen LogP contribution is -2.19. The van der Waals surface area contributed by atoms with E-state index in [2.05, 4.69) is 39.0 Å². The molecule has 1 saturated carbocycles. The summed E-state index contributed by atoms with van der Waals surface area (Å²) in [7, 11) is 0. The molecule has 7 heteroatoms. The van der Waals surface area contributed by atoms with Gasteiger partial charge in [0.25, 0.3) is 0 Å². The van der Waals surface area contributed by atoms with E-state index in [0.29, 0.717) is 29.7 Å². The van der Waals surface area contributed by atoms with Crippen molar-refractivity contribution in [1.29, 1.82) is 0 Å². The van der Waals surface area contributed by atoms with E-state index in [1.165, 1.54) is 18.9 Å². The zero-order valence-electron chi connectivity index (χ0n) is 16.5. The van der Waals surface area contributed by atoms with Gasteiger partial charge in [0, 0.05) is 12.1 Å². The molecule has 2 N–H and O–H groups in total. The Balaban J connectivity index is 1.76. The molecule has 0 atom stereocenters. The van der Waals surface area contributed by atoms with Crippen molar-refractivity contribution < 1.29 is 4.39 Å². The molecule has 6 nitrogen and oxygen atoms in total. The Hall–Kier alpha value is -2.70. The summed E-state index contributed by atoms with van der Waals surface area (Å²) < 4.78 is 16.3. The maximum Gasteiger partial charge on any atom is 0.224 e. The van der Waals surface area contributed by atoms with Gasteiger partial charge in [-0.15, -0.1) is 0 Å². The van der Waals surface area contributed by atoms with Crippen molar-refractivity contribution >= 4 is 28.7 Å². The van der Waals surface area contributed by atoms with E-state index in [1.54, 1.807) is 18.3 Å². The molecule has 2 aromatic heterocycles. The van der Waals surface area contributed by atoms with Gasteiger partial charge in [-0.25, -0.2) is 14.4 Å². The lowest BCUT2D eigenvalue weighted by Gasteiger charge is -2.17. The first-order valence-corrected chi connectivity index (χ1v) is 10.2. The number of benzene rings is 1. The topological polar surface area (TPSA) is 67.7 Å². The van der Waals surface area contributed by atoms with Crippen LogP contribution in [-0.4, -0.2) is 25.6 Å². The Kier molecular flexibility index (Phi) is 5.41. The molecule has 28 heavy (non-hydrogen) atoms. The predicted molar refractivity (Wildman–Crippen MR) is 111 cm³/mol. The maximum atomic E-state index is 14.2. The van der Waals surface area contributed by atoms with Gasteiger partial charge in [-0.05, 0) is 37.8 Å². The zero-order valence-corrected chi connectivity index (χ0v) is 16.5. The van der Waals surface area contributed by atoms with Crippen LogP contribution in [0.25, 0.3) is 11.2 Å². The molecule has 148 valence electrons. The van der Waals surface area contributed by atoms with Crippen LogP contribution in [0.1, 0.15) is 58.4 Å². The molecule has 0 saturated heterocycles. The third-order valence-corrected chi connectivity index (χ3v) is 5.56. The number of hydrogen-bond acceptors (Lipinski definition) is 5. The van der Waals surface area contributed by atoms with Crippen LogP contribution in [-0.2, 0) is 0 Å². The predicted octanol–water partition coefficient (Wildman–Crippen LogP) is 5.42. The van der Waals surface area contributed by atoms with E-state index in [4.69, 9.17) is 4.98 Å². The summed E-state index contributed by atoms with van der Waals surface area (Å²) in [5.74, 6) is 0.952. The summed E-state index contributed by atoms with van der Waals surface area (Å²) >= 11 is 0. The highest BCUT2D eigenvalue weighted by molar-refractivity contribution is 5.76. The lowest BCUT2D eigenvalue weighted by atomic mass is 10.2. The van der Waals surface area contributed by atoms with Crippen molar-refractivity contribution in [2.24, 2.45) is 0 Å². The van der Waals surface area contributed by atoms with Crippen molar-refractivity contribution in [2.75, 3.05) is 10.6 Å². The largest absolute Gasteiger partial charge is 0.351 e. The van der Waals surface area contributed by atoms with E-state index in [-0.39, 0.29) is 5.82 Å². The smallest absolute Gasteiger partial charge is 0.224 e. The van der Waals surface area contributed by atoms with Gasteiger partial charge in [-0.1, -0.05) is 38.8 Å². The molecule has 3 aromatic rings. The minimum absolute atomic E-state index is 0.297. The van der Waals surface area contributed by atoms with Crippen LogP contribution in [0.3, 0.4) is 0 Å². The van der Waals surface area contributed by atoms with E-state index in [1.807, 2.05) is 6.07 Å². The molecule has 2 heterocycles. The number of halogens is 1. The number of nitrogens with zero attached hydrogens (tertiary/aromatic N) is 4. The van der Waals surface area contributed by atoms with Crippen LogP contribution in [0.5, 0.6) is 0 Å². The fourth-order valence-electron chi connectivity index (χ4n) is 3.92. The molecule has 4 rings (SSSR count). The Morgan fingerprint density at radius 1 is 1.14 bits per heavy atom. The van der Waals surface area contributed by atoms with Crippen LogP contribution < -0.4 is 10.6 Å². The molecule has 1 aromatic carbocycles. The Bertz CT molecular complexity index is 943. The Labute approximate surface area is 164 Å². The average Bonchev–Trinajstić information content (AvgIpc) is 3.34. The standard InChI is InChI=1S/C21H27FN6/c1-3-14(4-2)24-20-23-13-18-19(27-20)28(15-9-5-6-10-15)21(26-18)25-17-12-8-7-11-16(17)22/h7-8,11-15H,3-6,9-10H2,1-2H3,(H,25,26)(H,23,24,27). The molecule has 0 amide bonds. The van der Waals surface area contributed by atoms with Crippen LogP contribution in [0, 0.1) is 5.82 Å². The molecular formula is C21H27FN6. The van der Waals surface area contributed by atoms with Gasteiger partial charge >= 0.3 is 0 Å². The fourth-order valence-corrected chi connectivity index (χ4v) is 3.92. The molecule has 0 aliphatic heterocycles. The van der Waals surface area contributed by atoms with Crippen molar-refractivity contribution in [2.45, 2.75) is 64.5 Å². The summed E-state index contributed by atoms with van der Waals surface area (Å²) in [5, 5.41) is 6.59. The van der Waals surface area contributed by atoms with Crippen molar-refractivity contribution in [1.82, 2.24) is 19.5 Å². The van der Waals surface area contributed by atoms with Gasteiger partial charge in [0.2, 0.25) is 11.9 Å². The minimum atomic E-state index is -0.297. The molecule has 1 aliphatic carbocycles. The molecule has 0 unspecified atom stereocenters. The first-order valence-electron chi connectivity index (χ1n) is 10.2. The second-order valence-electron chi connectivity index (χ2n) is 7.41. The van der Waals surface area contributed by atoms with Crippen LogP contribution in [0.4, 0.5) is 22.0 Å². The molecule has 0 bridgehead atoms. The highest BCUT2D eigenvalue weighted by Crippen LogP contribution is 2.36. The zero-order chi connectivity index (χ0) is 19.5. The van der Waals surface area contributed by atoms with Crippen molar-refractivity contribution in [3.8, 4) is 0 Å². The number of para-hydroxylation sites is 1. The Morgan fingerprint density at radius 3 is 2.61 bits per heavy atom. The van der Waals surface area contributed by atoms with Gasteiger partial charge in [0.15, 0.2) is 5.65 Å². The number of rotatable bonds is 7. The van der Waals surface area contributed by atoms with Crippen molar-refractivity contribution in [3.05, 3.63) is 36.3 Å². The van der Waals surface area contributed by atoms with E-state index in [0.717, 1.165) is 36.8 Å². The van der Waals surface area contributed by atoms with E-state index < -0.39 is 0 Å². The van der Waals surface area contributed by atoms with Gasteiger partial charge in [-0.3, -0.25) is 4.57 Å². The summed E-state index contributed by atoms with van der Waals surface area (Å²) in [6.45, 7) is 4.30. The van der Waals surface area contributed by atoms with Crippen LogP contribution in [0.2, 0.25) is 0 Å². The maximum absolute atomic E-state index is 14.2. The quantitative estimate of drug-likeness (QED) is 0.571. The third kappa shape index (κ3) is 3.66. The monoisotopic (exact) mass is 382 g/mol. The van der Waals surface area contributed by atoms with Crippen molar-refractivity contribution in [3.63, 3.8) is 0 Å². The van der Waals surface area contributed by atoms with Gasteiger partial charge in [-0.2, -0.15) is 4.98 Å². The number of fused-ring (bicyclic) bond motifs is 1. The molecular weight excluding hydrogens is 355 g/mol. The second kappa shape index (κ2) is 8.12. The number of hydrogen-bond donors (Lipinski definition) is 2. The second-order valence-corrected chi connectivity index (χ2v) is 7.41. The summed E-state index contributed by atoms with van der Waals surface area (Å²) in [5.41, 5.74) is 1.94. The fraction of sp³-hybridized carbons (Fsp3) is 0.476. The van der Waals surface area contributed by atoms with Crippen LogP contribution >= 0.6 is 0 Å². The SMILES string of the molecule is CCC(CC)Nc1ncc2nc(Nc3ccccc3F)n(C3CCCC3)c2n1. The molecule has 1 aliphatic rings. The van der Waals surface area contributed by atoms with Gasteiger partial charge in [0.1, 0.15) is 11.3 Å². The first kappa shape index (κ1) is 18.7. The molecule has 0 radical (unpaired) electrons. The van der Waals surface area contributed by atoms with Gasteiger partial charge < -0.3 is 10.6 Å². The average molecular weight is 382 g/mol. The van der Waals surface area contributed by atoms with E-state index >= 15 is 0 Å². The number of imidazole rings is 1. The summed E-state index contributed by atoms with van der Waals surface area (Å²) in [6.07, 6.45) is 8.32. The Morgan fingerprint density at radius 2 is 1.89 bits per heavy atom. The molecule has 0 spiro atoms. The molecule has 1 fully saturated rings. The van der Waals surface area contributed by atoms with E-state index in [9.17, 15) is 4.39 Å². The summed E-state index contributed by atoms with van der Waals surface area (Å²) in [6, 6.07) is 7.32. The highest BCUT2D eigenvalue weighted by Gasteiger charge is 2.24. The minimum Gasteiger partial charge on any atom is -0.351 e. The number of anilines is 3. The highest BCUT2D eigenvalue weighted by atomic mass is 19.1. The number of aromatic nitrogens is 4.